The van der Waals surface area contributed by atoms with Crippen LogP contribution >= 0.6 is 0 Å². The van der Waals surface area contributed by atoms with Gasteiger partial charge in [-0.05, 0) is 36.8 Å². The van der Waals surface area contributed by atoms with Crippen LogP contribution in [0.4, 0.5) is 0 Å². The number of benzene rings is 2. The lowest BCUT2D eigenvalue weighted by atomic mass is 10.1. The normalized spacial score (nSPS) is 10.1. The van der Waals surface area contributed by atoms with Crippen molar-refractivity contribution in [2.75, 3.05) is 35.0 Å². The lowest BCUT2D eigenvalue weighted by molar-refractivity contribution is 0.0954. The number of ether oxygens (including phenoxy) is 4. The molecule has 0 saturated carbocycles. The van der Waals surface area contributed by atoms with Crippen LogP contribution in [0.1, 0.15) is 15.9 Å². The Hall–Kier alpha value is -2.89. The predicted octanol–water partition coefficient (Wildman–Crippen LogP) is 2.69. The molecule has 0 atom stereocenters. The molecular weight excluding hydrogens is 322 g/mol. The lowest BCUT2D eigenvalue weighted by Gasteiger charge is -2.15. The molecule has 0 aliphatic carbocycles. The van der Waals surface area contributed by atoms with Gasteiger partial charge in [-0.15, -0.1) is 0 Å². The van der Waals surface area contributed by atoms with Gasteiger partial charge >= 0.3 is 0 Å². The van der Waals surface area contributed by atoms with Crippen molar-refractivity contribution in [2.24, 2.45) is 0 Å². The van der Waals surface area contributed by atoms with Crippen molar-refractivity contribution in [3.05, 3.63) is 47.5 Å². The first kappa shape index (κ1) is 18.4. The van der Waals surface area contributed by atoms with Crippen LogP contribution in [0.5, 0.6) is 23.0 Å². The number of rotatable bonds is 8. The van der Waals surface area contributed by atoms with Crippen molar-refractivity contribution in [3.63, 3.8) is 0 Å². The minimum atomic E-state index is -0.142. The molecule has 0 aliphatic heterocycles. The molecule has 6 heteroatoms. The van der Waals surface area contributed by atoms with Crippen LogP contribution in [0.2, 0.25) is 0 Å². The Bertz CT molecular complexity index is 712. The zero-order valence-corrected chi connectivity index (χ0v) is 14.9. The first-order valence-corrected chi connectivity index (χ1v) is 7.84. The first-order valence-electron chi connectivity index (χ1n) is 7.84. The van der Waals surface area contributed by atoms with E-state index in [0.717, 1.165) is 5.56 Å². The van der Waals surface area contributed by atoms with E-state index in [1.807, 2.05) is 6.07 Å². The van der Waals surface area contributed by atoms with Gasteiger partial charge in [0.05, 0.1) is 28.4 Å². The van der Waals surface area contributed by atoms with Gasteiger partial charge in [0.25, 0.3) is 5.91 Å². The Kier molecular flexibility index (Phi) is 6.51. The fraction of sp³-hybridized carbons (Fsp3) is 0.316. The summed E-state index contributed by atoms with van der Waals surface area (Å²) >= 11 is 0. The van der Waals surface area contributed by atoms with Crippen molar-refractivity contribution >= 4 is 5.91 Å². The molecule has 0 aromatic heterocycles. The average molecular weight is 345 g/mol. The second kappa shape index (κ2) is 8.82. The highest BCUT2D eigenvalue weighted by atomic mass is 16.5. The Labute approximate surface area is 147 Å². The quantitative estimate of drug-likeness (QED) is 0.797. The molecule has 1 N–H and O–H groups in total. The molecule has 2 aromatic carbocycles. The van der Waals surface area contributed by atoms with E-state index < -0.39 is 0 Å². The molecule has 0 aliphatic rings. The van der Waals surface area contributed by atoms with Crippen LogP contribution in [0.3, 0.4) is 0 Å². The molecule has 2 rings (SSSR count). The fourth-order valence-electron chi connectivity index (χ4n) is 2.47. The highest BCUT2D eigenvalue weighted by Gasteiger charge is 2.13. The maximum atomic E-state index is 12.2. The molecule has 0 unspecified atom stereocenters. The van der Waals surface area contributed by atoms with E-state index in [9.17, 15) is 4.79 Å². The molecule has 6 nitrogen and oxygen atoms in total. The highest BCUT2D eigenvalue weighted by molar-refractivity contribution is 5.94. The van der Waals surface area contributed by atoms with Gasteiger partial charge in [0.1, 0.15) is 11.5 Å². The van der Waals surface area contributed by atoms with Crippen molar-refractivity contribution in [1.29, 1.82) is 0 Å². The topological polar surface area (TPSA) is 66.0 Å². The summed E-state index contributed by atoms with van der Waals surface area (Å²) in [6.07, 6.45) is 0.582. The van der Waals surface area contributed by atoms with E-state index in [4.69, 9.17) is 18.9 Å². The molecule has 0 fully saturated rings. The second-order valence-corrected chi connectivity index (χ2v) is 5.26. The lowest BCUT2D eigenvalue weighted by Crippen LogP contribution is -2.25. The predicted molar refractivity (Wildman–Crippen MR) is 95.1 cm³/mol. The Morgan fingerprint density at radius 1 is 0.880 bits per heavy atom. The molecule has 134 valence electrons. The zero-order chi connectivity index (χ0) is 18.2. The third kappa shape index (κ3) is 4.56. The zero-order valence-electron chi connectivity index (χ0n) is 14.9. The third-order valence-electron chi connectivity index (χ3n) is 3.80. The number of nitrogens with one attached hydrogen (secondary N) is 1. The number of hydrogen-bond donors (Lipinski definition) is 1. The Morgan fingerprint density at radius 2 is 1.56 bits per heavy atom. The molecule has 0 spiro atoms. The van der Waals surface area contributed by atoms with E-state index in [2.05, 4.69) is 5.32 Å². The average Bonchev–Trinajstić information content (AvgIpc) is 2.67. The van der Waals surface area contributed by atoms with Gasteiger partial charge in [0.15, 0.2) is 11.5 Å². The molecule has 25 heavy (non-hydrogen) atoms. The van der Waals surface area contributed by atoms with Gasteiger partial charge in [-0.2, -0.15) is 0 Å². The van der Waals surface area contributed by atoms with Crippen LogP contribution in [0.25, 0.3) is 0 Å². The van der Waals surface area contributed by atoms with Gasteiger partial charge in [-0.1, -0.05) is 0 Å². The summed E-state index contributed by atoms with van der Waals surface area (Å²) in [5.41, 5.74) is 1.48. The molecule has 1 amide bonds. The van der Waals surface area contributed by atoms with E-state index in [-0.39, 0.29) is 5.91 Å². The summed E-state index contributed by atoms with van der Waals surface area (Å²) < 4.78 is 21.1. The molecule has 0 bridgehead atoms. The van der Waals surface area contributed by atoms with E-state index in [1.165, 1.54) is 0 Å². The number of carbonyl (C=O) groups is 1. The second-order valence-electron chi connectivity index (χ2n) is 5.26. The number of carbonyl (C=O) groups excluding carboxylic acids is 1. The number of hydrogen-bond acceptors (Lipinski definition) is 5. The van der Waals surface area contributed by atoms with Gasteiger partial charge in [0.2, 0.25) is 0 Å². The SMILES string of the molecule is COc1ccc(C(=O)NCCc2cc(OC)cc(OC)c2OC)cc1. The first-order chi connectivity index (χ1) is 12.1. The van der Waals surface area contributed by atoms with Crippen molar-refractivity contribution in [1.82, 2.24) is 5.32 Å². The molecular formula is C19H23NO5. The highest BCUT2D eigenvalue weighted by Crippen LogP contribution is 2.35. The minimum absolute atomic E-state index is 0.142. The summed E-state index contributed by atoms with van der Waals surface area (Å²) in [6, 6.07) is 10.6. The van der Waals surface area contributed by atoms with Gasteiger partial charge in [-0.25, -0.2) is 0 Å². The van der Waals surface area contributed by atoms with Gasteiger partial charge in [-0.3, -0.25) is 4.79 Å². The molecule has 2 aromatic rings. The Morgan fingerprint density at radius 3 is 2.12 bits per heavy atom. The Balaban J connectivity index is 2.04. The third-order valence-corrected chi connectivity index (χ3v) is 3.80. The van der Waals surface area contributed by atoms with Crippen LogP contribution < -0.4 is 24.3 Å². The van der Waals surface area contributed by atoms with Gasteiger partial charge in [0, 0.05) is 23.7 Å². The number of methoxy groups -OCH3 is 4. The maximum Gasteiger partial charge on any atom is 0.251 e. The van der Waals surface area contributed by atoms with E-state index >= 15 is 0 Å². The standard InChI is InChI=1S/C19H23NO5/c1-22-15-7-5-13(6-8-15)19(21)20-10-9-14-11-16(23-2)12-17(24-3)18(14)25-4/h5-8,11-12H,9-10H2,1-4H3,(H,20,21). The van der Waals surface area contributed by atoms with Crippen molar-refractivity contribution < 1.29 is 23.7 Å². The monoisotopic (exact) mass is 345 g/mol. The summed E-state index contributed by atoms with van der Waals surface area (Å²) in [5.74, 6) is 2.48. The smallest absolute Gasteiger partial charge is 0.251 e. The van der Waals surface area contributed by atoms with Crippen LogP contribution in [-0.2, 0) is 6.42 Å². The van der Waals surface area contributed by atoms with Gasteiger partial charge < -0.3 is 24.3 Å². The summed E-state index contributed by atoms with van der Waals surface area (Å²) in [5, 5.41) is 2.89. The van der Waals surface area contributed by atoms with Crippen molar-refractivity contribution in [3.8, 4) is 23.0 Å². The molecule has 0 radical (unpaired) electrons. The molecule has 0 saturated heterocycles. The summed E-state index contributed by atoms with van der Waals surface area (Å²) in [4.78, 5) is 12.2. The number of amides is 1. The van der Waals surface area contributed by atoms with Crippen molar-refractivity contribution in [2.45, 2.75) is 6.42 Å². The van der Waals surface area contributed by atoms with Crippen LogP contribution in [0.15, 0.2) is 36.4 Å². The maximum absolute atomic E-state index is 12.2. The molecule has 0 heterocycles. The van der Waals surface area contributed by atoms with E-state index in [1.54, 1.807) is 58.8 Å². The van der Waals surface area contributed by atoms with Crippen LogP contribution in [-0.4, -0.2) is 40.9 Å². The van der Waals surface area contributed by atoms with Crippen LogP contribution in [0, 0.1) is 0 Å². The summed E-state index contributed by atoms with van der Waals surface area (Å²) in [7, 11) is 6.34. The van der Waals surface area contributed by atoms with E-state index in [0.29, 0.717) is 41.5 Å². The minimum Gasteiger partial charge on any atom is -0.497 e. The largest absolute Gasteiger partial charge is 0.497 e. The fourth-order valence-corrected chi connectivity index (χ4v) is 2.47. The summed E-state index contributed by atoms with van der Waals surface area (Å²) in [6.45, 7) is 0.456.